The van der Waals surface area contributed by atoms with E-state index in [0.717, 1.165) is 51.5 Å². The maximum absolute atomic E-state index is 11.5. The van der Waals surface area contributed by atoms with Crippen molar-refractivity contribution in [1.82, 2.24) is 4.90 Å². The van der Waals surface area contributed by atoms with Gasteiger partial charge >= 0.3 is 0 Å². The van der Waals surface area contributed by atoms with E-state index in [2.05, 4.69) is 9.80 Å². The number of ether oxygens (including phenoxy) is 1. The minimum atomic E-state index is -0.599. The molecule has 0 saturated carbocycles. The molecule has 136 valence electrons. The lowest BCUT2D eigenvalue weighted by Crippen LogP contribution is -2.49. The highest BCUT2D eigenvalue weighted by atomic mass is 16.6. The van der Waals surface area contributed by atoms with Crippen LogP contribution in [0.4, 0.5) is 17.1 Å². The van der Waals surface area contributed by atoms with Crippen LogP contribution in [0, 0.1) is 20.2 Å². The quantitative estimate of drug-likeness (QED) is 0.592. The van der Waals surface area contributed by atoms with Crippen molar-refractivity contribution in [2.24, 2.45) is 0 Å². The lowest BCUT2D eigenvalue weighted by Gasteiger charge is -2.40. The normalized spacial score (nSPS) is 21.9. The molecule has 3 rings (SSSR count). The van der Waals surface area contributed by atoms with Crippen molar-refractivity contribution in [3.8, 4) is 0 Å². The lowest BCUT2D eigenvalue weighted by atomic mass is 10.00. The van der Waals surface area contributed by atoms with Crippen molar-refractivity contribution in [3.05, 3.63) is 38.4 Å². The van der Waals surface area contributed by atoms with Gasteiger partial charge in [-0.1, -0.05) is 0 Å². The van der Waals surface area contributed by atoms with Crippen molar-refractivity contribution in [3.63, 3.8) is 0 Å². The summed E-state index contributed by atoms with van der Waals surface area (Å²) in [7, 11) is 0. The number of benzene rings is 1. The summed E-state index contributed by atoms with van der Waals surface area (Å²) in [6.45, 7) is 4.72. The monoisotopic (exact) mass is 350 g/mol. The molecule has 0 amide bonds. The summed E-state index contributed by atoms with van der Waals surface area (Å²) in [5.41, 5.74) is 0.0359. The van der Waals surface area contributed by atoms with E-state index in [0.29, 0.717) is 18.9 Å². The van der Waals surface area contributed by atoms with E-state index < -0.39 is 9.85 Å². The molecule has 1 aromatic rings. The molecule has 0 aromatic heterocycles. The van der Waals surface area contributed by atoms with Gasteiger partial charge < -0.3 is 9.64 Å². The molecule has 1 atom stereocenters. The highest BCUT2D eigenvalue weighted by Gasteiger charge is 2.31. The van der Waals surface area contributed by atoms with Crippen LogP contribution in [-0.2, 0) is 4.74 Å². The van der Waals surface area contributed by atoms with E-state index in [-0.39, 0.29) is 17.4 Å². The average molecular weight is 350 g/mol. The largest absolute Gasteiger partial charge is 0.379 e. The Morgan fingerprint density at radius 1 is 1.08 bits per heavy atom. The fraction of sp³-hybridized carbons (Fsp3) is 0.625. The van der Waals surface area contributed by atoms with Gasteiger partial charge in [0.25, 0.3) is 11.4 Å². The van der Waals surface area contributed by atoms with Gasteiger partial charge in [0, 0.05) is 38.3 Å². The lowest BCUT2D eigenvalue weighted by molar-refractivity contribution is -0.393. The summed E-state index contributed by atoms with van der Waals surface area (Å²) in [5, 5.41) is 22.4. The fourth-order valence-corrected chi connectivity index (χ4v) is 3.60. The van der Waals surface area contributed by atoms with E-state index in [1.165, 1.54) is 12.1 Å². The Labute approximate surface area is 145 Å². The van der Waals surface area contributed by atoms with Gasteiger partial charge in [0.15, 0.2) is 0 Å². The Morgan fingerprint density at radius 3 is 2.52 bits per heavy atom. The Kier molecular flexibility index (Phi) is 5.44. The van der Waals surface area contributed by atoms with E-state index in [1.807, 2.05) is 0 Å². The van der Waals surface area contributed by atoms with Crippen molar-refractivity contribution >= 4 is 17.1 Å². The Morgan fingerprint density at radius 2 is 1.84 bits per heavy atom. The zero-order valence-electron chi connectivity index (χ0n) is 14.0. The number of nitro benzene ring substituents is 2. The third kappa shape index (κ3) is 4.05. The van der Waals surface area contributed by atoms with Gasteiger partial charge in [-0.05, 0) is 25.3 Å². The molecule has 1 unspecified atom stereocenters. The predicted molar refractivity (Wildman–Crippen MR) is 92.0 cm³/mol. The first kappa shape index (κ1) is 17.6. The van der Waals surface area contributed by atoms with Crippen LogP contribution in [-0.4, -0.2) is 60.2 Å². The van der Waals surface area contributed by atoms with Crippen LogP contribution in [0.3, 0.4) is 0 Å². The number of rotatable bonds is 5. The maximum atomic E-state index is 11.5. The molecule has 2 aliphatic heterocycles. The van der Waals surface area contributed by atoms with Crippen LogP contribution in [0.25, 0.3) is 0 Å². The number of nitrogens with zero attached hydrogens (tertiary/aromatic N) is 4. The van der Waals surface area contributed by atoms with Crippen LogP contribution in [0.1, 0.15) is 19.3 Å². The highest BCUT2D eigenvalue weighted by molar-refractivity contribution is 5.67. The Balaban J connectivity index is 1.86. The van der Waals surface area contributed by atoms with Gasteiger partial charge in [-0.25, -0.2) is 0 Å². The number of anilines is 1. The molecular weight excluding hydrogens is 328 g/mol. The van der Waals surface area contributed by atoms with Crippen molar-refractivity contribution in [1.29, 1.82) is 0 Å². The number of non-ortho nitro benzene ring substituents is 1. The molecule has 0 radical (unpaired) electrons. The number of hydrogen-bond donors (Lipinski definition) is 0. The van der Waals surface area contributed by atoms with E-state index in [1.54, 1.807) is 0 Å². The summed E-state index contributed by atoms with van der Waals surface area (Å²) in [6, 6.07) is 4.11. The van der Waals surface area contributed by atoms with E-state index in [9.17, 15) is 20.2 Å². The standard InChI is InChI=1S/C16H22N4O5/c21-19(22)13-4-5-15(16(11-13)20(23)24)18-6-2-1-3-14(18)12-17-7-9-25-10-8-17/h4-5,11,14H,1-3,6-10,12H2. The van der Waals surface area contributed by atoms with Gasteiger partial charge in [-0.2, -0.15) is 0 Å². The molecular formula is C16H22N4O5. The first-order valence-corrected chi connectivity index (χ1v) is 8.56. The van der Waals surface area contributed by atoms with Crippen LogP contribution in [0.15, 0.2) is 18.2 Å². The van der Waals surface area contributed by atoms with Crippen LogP contribution in [0.5, 0.6) is 0 Å². The number of morpholine rings is 1. The van der Waals surface area contributed by atoms with Gasteiger partial charge in [0.05, 0.1) is 29.1 Å². The van der Waals surface area contributed by atoms with Gasteiger partial charge in [-0.15, -0.1) is 0 Å². The molecule has 2 fully saturated rings. The second-order valence-corrected chi connectivity index (χ2v) is 6.44. The van der Waals surface area contributed by atoms with Gasteiger partial charge in [-0.3, -0.25) is 25.1 Å². The predicted octanol–water partition coefficient (Wildman–Crippen LogP) is 2.19. The maximum Gasteiger partial charge on any atom is 0.299 e. The van der Waals surface area contributed by atoms with E-state index in [4.69, 9.17) is 4.74 Å². The topological polar surface area (TPSA) is 102 Å². The first-order chi connectivity index (χ1) is 12.1. The molecule has 0 aliphatic carbocycles. The Bertz CT molecular complexity index is 647. The SMILES string of the molecule is O=[N+]([O-])c1ccc(N2CCCCC2CN2CCOCC2)c([N+](=O)[O-])c1. The third-order valence-electron chi connectivity index (χ3n) is 4.88. The molecule has 9 heteroatoms. The summed E-state index contributed by atoms with van der Waals surface area (Å²) in [6.07, 6.45) is 3.02. The van der Waals surface area contributed by atoms with Crippen molar-refractivity contribution < 1.29 is 14.6 Å². The molecule has 1 aromatic carbocycles. The Hall–Kier alpha value is -2.26. The summed E-state index contributed by atoms with van der Waals surface area (Å²) in [5.74, 6) is 0. The molecule has 0 spiro atoms. The van der Waals surface area contributed by atoms with Gasteiger partial charge in [0.1, 0.15) is 5.69 Å². The molecule has 9 nitrogen and oxygen atoms in total. The molecule has 2 aliphatic rings. The molecule has 2 heterocycles. The second kappa shape index (κ2) is 7.75. The van der Waals surface area contributed by atoms with Crippen molar-refractivity contribution in [2.45, 2.75) is 25.3 Å². The second-order valence-electron chi connectivity index (χ2n) is 6.44. The first-order valence-electron chi connectivity index (χ1n) is 8.56. The fourth-order valence-electron chi connectivity index (χ4n) is 3.60. The zero-order valence-corrected chi connectivity index (χ0v) is 14.0. The summed E-state index contributed by atoms with van der Waals surface area (Å²) >= 11 is 0. The molecule has 2 saturated heterocycles. The van der Waals surface area contributed by atoms with Crippen LogP contribution >= 0.6 is 0 Å². The molecule has 25 heavy (non-hydrogen) atoms. The van der Waals surface area contributed by atoms with E-state index >= 15 is 0 Å². The summed E-state index contributed by atoms with van der Waals surface area (Å²) < 4.78 is 5.38. The molecule has 0 N–H and O–H groups in total. The minimum absolute atomic E-state index is 0.173. The van der Waals surface area contributed by atoms with Crippen molar-refractivity contribution in [2.75, 3.05) is 44.3 Å². The molecule has 0 bridgehead atoms. The van der Waals surface area contributed by atoms with Crippen LogP contribution in [0.2, 0.25) is 0 Å². The number of nitro groups is 2. The number of piperidine rings is 1. The van der Waals surface area contributed by atoms with Crippen LogP contribution < -0.4 is 4.90 Å². The third-order valence-corrected chi connectivity index (χ3v) is 4.88. The minimum Gasteiger partial charge on any atom is -0.379 e. The summed E-state index contributed by atoms with van der Waals surface area (Å²) in [4.78, 5) is 25.7. The smallest absolute Gasteiger partial charge is 0.299 e. The highest BCUT2D eigenvalue weighted by Crippen LogP contribution is 2.35. The zero-order chi connectivity index (χ0) is 17.8. The average Bonchev–Trinajstić information content (AvgIpc) is 2.62. The van der Waals surface area contributed by atoms with Gasteiger partial charge in [0.2, 0.25) is 0 Å². The number of hydrogen-bond acceptors (Lipinski definition) is 7.